The van der Waals surface area contributed by atoms with Gasteiger partial charge in [0.25, 0.3) is 0 Å². The lowest BCUT2D eigenvalue weighted by molar-refractivity contribution is 0.509. The van der Waals surface area contributed by atoms with Crippen molar-refractivity contribution >= 4 is 22.6 Å². The van der Waals surface area contributed by atoms with Crippen LogP contribution in [0.1, 0.15) is 12.8 Å². The molecule has 0 spiro atoms. The van der Waals surface area contributed by atoms with Crippen LogP contribution in [-0.2, 0) is 0 Å². The predicted molar refractivity (Wildman–Crippen MR) is 47.7 cm³/mol. The van der Waals surface area contributed by atoms with E-state index in [1.165, 1.54) is 17.3 Å². The third-order valence-electron chi connectivity index (χ3n) is 2.61. The van der Waals surface area contributed by atoms with E-state index in [9.17, 15) is 0 Å². The summed E-state index contributed by atoms with van der Waals surface area (Å²) in [6, 6.07) is 0. The quantitative estimate of drug-likeness (QED) is 0.371. The Bertz CT molecular complexity index is 140. The molecule has 0 nitrogen and oxygen atoms in total. The summed E-state index contributed by atoms with van der Waals surface area (Å²) in [4.78, 5) is 0. The first-order valence-electron chi connectivity index (χ1n) is 3.64. The maximum atomic E-state index is 2.51. The molecule has 0 aromatic heterocycles. The molecule has 1 heteroatoms. The van der Waals surface area contributed by atoms with Crippen molar-refractivity contribution in [1.29, 1.82) is 0 Å². The summed E-state index contributed by atoms with van der Waals surface area (Å²) in [7, 11) is 0. The van der Waals surface area contributed by atoms with Gasteiger partial charge < -0.3 is 0 Å². The molecule has 2 aliphatic carbocycles. The molecule has 0 aromatic carbocycles. The zero-order chi connectivity index (χ0) is 6.27. The lowest BCUT2D eigenvalue weighted by Gasteiger charge is -2.13. The van der Waals surface area contributed by atoms with Gasteiger partial charge in [0.1, 0.15) is 0 Å². The van der Waals surface area contributed by atoms with Crippen molar-refractivity contribution in [2.75, 3.05) is 4.43 Å². The van der Waals surface area contributed by atoms with Crippen molar-refractivity contribution in [2.24, 2.45) is 17.8 Å². The molecule has 0 N–H and O–H groups in total. The van der Waals surface area contributed by atoms with Crippen LogP contribution in [0.4, 0.5) is 0 Å². The van der Waals surface area contributed by atoms with Gasteiger partial charge in [-0.05, 0) is 30.6 Å². The normalized spacial score (nSPS) is 46.6. The molecule has 0 saturated heterocycles. The van der Waals surface area contributed by atoms with Crippen molar-refractivity contribution in [2.45, 2.75) is 12.8 Å². The number of hydrogen-bond acceptors (Lipinski definition) is 0. The minimum Gasteiger partial charge on any atom is -0.0861 e. The zero-order valence-electron chi connectivity index (χ0n) is 5.39. The Hall–Kier alpha value is 0.470. The number of halogens is 1. The second-order valence-electron chi connectivity index (χ2n) is 3.19. The first-order chi connectivity index (χ1) is 4.40. The molecule has 50 valence electrons. The van der Waals surface area contributed by atoms with Gasteiger partial charge in [-0.15, -0.1) is 0 Å². The third kappa shape index (κ3) is 0.935. The van der Waals surface area contributed by atoms with Crippen LogP contribution in [0.2, 0.25) is 0 Å². The first kappa shape index (κ1) is 6.20. The fourth-order valence-corrected chi connectivity index (χ4v) is 3.08. The summed E-state index contributed by atoms with van der Waals surface area (Å²) in [5.41, 5.74) is 0. The number of alkyl halides is 1. The molecular weight excluding hydrogens is 223 g/mol. The van der Waals surface area contributed by atoms with Crippen LogP contribution in [-0.4, -0.2) is 4.43 Å². The van der Waals surface area contributed by atoms with Crippen LogP contribution in [0.25, 0.3) is 0 Å². The largest absolute Gasteiger partial charge is 0.0861 e. The molecule has 9 heavy (non-hydrogen) atoms. The number of hydrogen-bond donors (Lipinski definition) is 0. The third-order valence-corrected chi connectivity index (χ3v) is 3.75. The Kier molecular flexibility index (Phi) is 1.55. The fourth-order valence-electron chi connectivity index (χ4n) is 2.07. The van der Waals surface area contributed by atoms with Crippen molar-refractivity contribution < 1.29 is 0 Å². The molecule has 2 rings (SSSR count). The highest BCUT2D eigenvalue weighted by Crippen LogP contribution is 2.43. The van der Waals surface area contributed by atoms with Crippen LogP contribution in [0.15, 0.2) is 12.2 Å². The van der Waals surface area contributed by atoms with Gasteiger partial charge in [0, 0.05) is 4.43 Å². The first-order valence-corrected chi connectivity index (χ1v) is 5.17. The molecule has 0 amide bonds. The summed E-state index contributed by atoms with van der Waals surface area (Å²) in [5, 5.41) is 0. The molecule has 1 fully saturated rings. The summed E-state index contributed by atoms with van der Waals surface area (Å²) in [5.74, 6) is 2.96. The lowest BCUT2D eigenvalue weighted by atomic mass is 9.96. The van der Waals surface area contributed by atoms with E-state index < -0.39 is 0 Å². The van der Waals surface area contributed by atoms with Gasteiger partial charge in [-0.2, -0.15) is 0 Å². The van der Waals surface area contributed by atoms with Crippen LogP contribution < -0.4 is 0 Å². The predicted octanol–water partition coefficient (Wildman–Crippen LogP) is 2.63. The second kappa shape index (κ2) is 2.26. The Morgan fingerprint density at radius 2 is 2.22 bits per heavy atom. The number of allylic oxidation sites excluding steroid dienone is 2. The zero-order valence-corrected chi connectivity index (χ0v) is 7.54. The second-order valence-corrected chi connectivity index (χ2v) is 4.08. The lowest BCUT2D eigenvalue weighted by Crippen LogP contribution is -2.07. The number of fused-ring (bicyclic) bond motifs is 2. The van der Waals surface area contributed by atoms with Crippen LogP contribution in [0.5, 0.6) is 0 Å². The molecule has 3 atom stereocenters. The minimum atomic E-state index is 0.965. The van der Waals surface area contributed by atoms with Gasteiger partial charge in [-0.3, -0.25) is 0 Å². The Morgan fingerprint density at radius 1 is 1.33 bits per heavy atom. The summed E-state index contributed by atoms with van der Waals surface area (Å²) in [6.45, 7) is 0. The molecule has 0 radical (unpaired) electrons. The van der Waals surface area contributed by atoms with Gasteiger partial charge in [0.05, 0.1) is 0 Å². The van der Waals surface area contributed by atoms with Gasteiger partial charge >= 0.3 is 0 Å². The minimum absolute atomic E-state index is 0.965. The molecule has 1 saturated carbocycles. The van der Waals surface area contributed by atoms with Gasteiger partial charge in [-0.1, -0.05) is 34.7 Å². The number of rotatable bonds is 1. The Balaban J connectivity index is 2.10. The molecule has 0 aromatic rings. The summed E-state index contributed by atoms with van der Waals surface area (Å²) >= 11 is 2.51. The van der Waals surface area contributed by atoms with Crippen molar-refractivity contribution in [3.8, 4) is 0 Å². The topological polar surface area (TPSA) is 0 Å². The van der Waals surface area contributed by atoms with E-state index in [4.69, 9.17) is 0 Å². The molecule has 0 aliphatic heterocycles. The van der Waals surface area contributed by atoms with E-state index in [0.717, 1.165) is 17.8 Å². The van der Waals surface area contributed by atoms with E-state index in [2.05, 4.69) is 34.7 Å². The highest BCUT2D eigenvalue weighted by atomic mass is 127. The maximum absolute atomic E-state index is 2.51. The van der Waals surface area contributed by atoms with Gasteiger partial charge in [0.15, 0.2) is 0 Å². The summed E-state index contributed by atoms with van der Waals surface area (Å²) < 4.78 is 1.36. The van der Waals surface area contributed by atoms with Gasteiger partial charge in [-0.25, -0.2) is 0 Å². The summed E-state index contributed by atoms with van der Waals surface area (Å²) in [6.07, 6.45) is 7.78. The monoisotopic (exact) mass is 234 g/mol. The van der Waals surface area contributed by atoms with E-state index in [1.54, 1.807) is 0 Å². The maximum Gasteiger partial charge on any atom is 0.00295 e. The van der Waals surface area contributed by atoms with E-state index in [-0.39, 0.29) is 0 Å². The fraction of sp³-hybridized carbons (Fsp3) is 0.750. The van der Waals surface area contributed by atoms with Crippen LogP contribution in [0, 0.1) is 17.8 Å². The van der Waals surface area contributed by atoms with E-state index in [1.807, 2.05) is 0 Å². The van der Waals surface area contributed by atoms with Crippen molar-refractivity contribution in [3.63, 3.8) is 0 Å². The van der Waals surface area contributed by atoms with Crippen LogP contribution >= 0.6 is 22.6 Å². The van der Waals surface area contributed by atoms with E-state index >= 15 is 0 Å². The average Bonchev–Trinajstić information content (AvgIpc) is 2.45. The molecule has 2 bridgehead atoms. The van der Waals surface area contributed by atoms with E-state index in [0.29, 0.717) is 0 Å². The average molecular weight is 234 g/mol. The smallest absolute Gasteiger partial charge is 0.00295 e. The Morgan fingerprint density at radius 3 is 2.56 bits per heavy atom. The standard InChI is InChI=1S/C8H11I/c9-5-8-4-6-1-2-7(8)3-6/h1-2,6-8H,3-5H2/t6-,7+,8?/m1/s1. The highest BCUT2D eigenvalue weighted by molar-refractivity contribution is 14.1. The van der Waals surface area contributed by atoms with Crippen molar-refractivity contribution in [3.05, 3.63) is 12.2 Å². The van der Waals surface area contributed by atoms with Gasteiger partial charge in [0.2, 0.25) is 0 Å². The highest BCUT2D eigenvalue weighted by Gasteiger charge is 2.34. The molecular formula is C8H11I. The molecule has 2 aliphatic rings. The molecule has 1 unspecified atom stereocenters. The van der Waals surface area contributed by atoms with Crippen molar-refractivity contribution in [1.82, 2.24) is 0 Å². The van der Waals surface area contributed by atoms with Crippen LogP contribution in [0.3, 0.4) is 0 Å². The Labute approximate surface area is 69.9 Å². The SMILES string of the molecule is ICC1C[C@@H]2C=C[C@H]1C2. The molecule has 0 heterocycles.